The molecule has 0 saturated heterocycles. The molecule has 2 aromatic carbocycles. The number of benzene rings is 2. The van der Waals surface area contributed by atoms with Gasteiger partial charge in [0.1, 0.15) is 5.82 Å². The average Bonchev–Trinajstić information content (AvgIpc) is 3.25. The van der Waals surface area contributed by atoms with Gasteiger partial charge in [-0.2, -0.15) is 0 Å². The van der Waals surface area contributed by atoms with Crippen LogP contribution in [0.1, 0.15) is 20.7 Å². The Morgan fingerprint density at radius 3 is 2.31 bits per heavy atom. The standard InChI is InChI=1S/C20H17FN4O5S2/c1-29-17(27)11-7-12(18(28)30-2)9-13(8-11)22-16(26)10-31-20-25-24-19(32-20)23-15-6-4-3-5-14(15)21/h3-9H,10H2,1-2H3,(H,22,26)(H,23,24). The van der Waals surface area contributed by atoms with E-state index in [-0.39, 0.29) is 28.3 Å². The molecule has 3 rings (SSSR count). The van der Waals surface area contributed by atoms with Crippen molar-refractivity contribution in [3.8, 4) is 0 Å². The van der Waals surface area contributed by atoms with Gasteiger partial charge in [0.25, 0.3) is 0 Å². The van der Waals surface area contributed by atoms with Gasteiger partial charge in [0.05, 0.1) is 36.8 Å². The van der Waals surface area contributed by atoms with E-state index in [4.69, 9.17) is 0 Å². The van der Waals surface area contributed by atoms with Crippen molar-refractivity contribution in [3.63, 3.8) is 0 Å². The fourth-order valence-corrected chi connectivity index (χ4v) is 4.06. The maximum atomic E-state index is 13.7. The van der Waals surface area contributed by atoms with E-state index in [1.165, 1.54) is 38.5 Å². The van der Waals surface area contributed by atoms with Crippen molar-refractivity contribution in [2.24, 2.45) is 0 Å². The van der Waals surface area contributed by atoms with Gasteiger partial charge in [-0.3, -0.25) is 4.79 Å². The topological polar surface area (TPSA) is 120 Å². The number of nitrogens with zero attached hydrogens (tertiary/aromatic N) is 2. The van der Waals surface area contributed by atoms with Crippen molar-refractivity contribution in [1.29, 1.82) is 0 Å². The molecule has 0 atom stereocenters. The van der Waals surface area contributed by atoms with Crippen LogP contribution in [0.5, 0.6) is 0 Å². The van der Waals surface area contributed by atoms with Gasteiger partial charge < -0.3 is 20.1 Å². The van der Waals surface area contributed by atoms with Crippen molar-refractivity contribution >= 4 is 57.5 Å². The van der Waals surface area contributed by atoms with E-state index in [1.54, 1.807) is 18.2 Å². The zero-order chi connectivity index (χ0) is 23.1. The number of para-hydroxylation sites is 1. The highest BCUT2D eigenvalue weighted by Gasteiger charge is 2.16. The van der Waals surface area contributed by atoms with Gasteiger partial charge in [0.2, 0.25) is 11.0 Å². The van der Waals surface area contributed by atoms with Crippen molar-refractivity contribution in [1.82, 2.24) is 10.2 Å². The lowest BCUT2D eigenvalue weighted by atomic mass is 10.1. The molecule has 0 aliphatic rings. The molecule has 0 bridgehead atoms. The quantitative estimate of drug-likeness (QED) is 0.370. The van der Waals surface area contributed by atoms with E-state index in [2.05, 4.69) is 30.3 Å². The number of anilines is 3. The second kappa shape index (κ2) is 10.7. The highest BCUT2D eigenvalue weighted by atomic mass is 32.2. The van der Waals surface area contributed by atoms with Gasteiger partial charge in [-0.25, -0.2) is 14.0 Å². The van der Waals surface area contributed by atoms with Crippen LogP contribution in [-0.2, 0) is 14.3 Å². The Balaban J connectivity index is 1.62. The normalized spacial score (nSPS) is 10.3. The van der Waals surface area contributed by atoms with E-state index in [0.717, 1.165) is 23.1 Å². The molecular formula is C20H17FN4O5S2. The monoisotopic (exact) mass is 476 g/mol. The molecule has 1 aromatic heterocycles. The summed E-state index contributed by atoms with van der Waals surface area (Å²) in [4.78, 5) is 36.0. The maximum Gasteiger partial charge on any atom is 0.337 e. The molecule has 0 radical (unpaired) electrons. The van der Waals surface area contributed by atoms with E-state index < -0.39 is 23.7 Å². The average molecular weight is 477 g/mol. The summed E-state index contributed by atoms with van der Waals surface area (Å²) >= 11 is 2.29. The first kappa shape index (κ1) is 23.2. The number of ether oxygens (including phenoxy) is 2. The number of nitrogens with one attached hydrogen (secondary N) is 2. The minimum Gasteiger partial charge on any atom is -0.465 e. The predicted molar refractivity (Wildman–Crippen MR) is 118 cm³/mol. The molecule has 12 heteroatoms. The van der Waals surface area contributed by atoms with Crippen molar-refractivity contribution in [2.45, 2.75) is 4.34 Å². The molecule has 0 aliphatic carbocycles. The summed E-state index contributed by atoms with van der Waals surface area (Å²) in [6, 6.07) is 10.3. The maximum absolute atomic E-state index is 13.7. The zero-order valence-electron chi connectivity index (χ0n) is 16.9. The van der Waals surface area contributed by atoms with Crippen molar-refractivity contribution < 1.29 is 28.2 Å². The zero-order valence-corrected chi connectivity index (χ0v) is 18.5. The van der Waals surface area contributed by atoms with E-state index in [1.807, 2.05) is 0 Å². The van der Waals surface area contributed by atoms with Gasteiger partial charge in [-0.15, -0.1) is 10.2 Å². The Hall–Kier alpha value is -3.51. The molecule has 1 amide bonds. The number of aromatic nitrogens is 2. The van der Waals surface area contributed by atoms with Crippen LogP contribution in [0.15, 0.2) is 46.8 Å². The van der Waals surface area contributed by atoms with Gasteiger partial charge in [-0.1, -0.05) is 35.2 Å². The third kappa shape index (κ3) is 6.02. The summed E-state index contributed by atoms with van der Waals surface area (Å²) in [5.74, 6) is -2.15. The number of esters is 2. The third-order valence-electron chi connectivity index (χ3n) is 3.91. The van der Waals surface area contributed by atoms with Gasteiger partial charge in [0, 0.05) is 5.69 Å². The highest BCUT2D eigenvalue weighted by molar-refractivity contribution is 8.01. The Morgan fingerprint density at radius 1 is 1.03 bits per heavy atom. The molecule has 9 nitrogen and oxygen atoms in total. The molecular weight excluding hydrogens is 459 g/mol. The molecule has 1 heterocycles. The van der Waals surface area contributed by atoms with Crippen LogP contribution in [-0.4, -0.2) is 48.0 Å². The lowest BCUT2D eigenvalue weighted by Crippen LogP contribution is -2.16. The summed E-state index contributed by atoms with van der Waals surface area (Å²) in [5.41, 5.74) is 0.681. The van der Waals surface area contributed by atoms with Crippen molar-refractivity contribution in [3.05, 3.63) is 59.4 Å². The highest BCUT2D eigenvalue weighted by Crippen LogP contribution is 2.28. The summed E-state index contributed by atoms with van der Waals surface area (Å²) in [6.45, 7) is 0. The number of methoxy groups -OCH3 is 2. The SMILES string of the molecule is COC(=O)c1cc(NC(=O)CSc2nnc(Nc3ccccc3F)s2)cc(C(=O)OC)c1. The molecule has 2 N–H and O–H groups in total. The van der Waals surface area contributed by atoms with Gasteiger partial charge in [-0.05, 0) is 30.3 Å². The summed E-state index contributed by atoms with van der Waals surface area (Å²) in [5, 5.41) is 13.7. The number of amides is 1. The summed E-state index contributed by atoms with van der Waals surface area (Å²) < 4.78 is 23.6. The van der Waals surface area contributed by atoms with Gasteiger partial charge >= 0.3 is 11.9 Å². The molecule has 0 unspecified atom stereocenters. The number of hydrogen-bond donors (Lipinski definition) is 2. The lowest BCUT2D eigenvalue weighted by molar-refractivity contribution is -0.113. The minimum atomic E-state index is -0.663. The predicted octanol–water partition coefficient (Wildman–Crippen LogP) is 3.72. The number of halogens is 1. The first-order valence-electron chi connectivity index (χ1n) is 8.99. The molecule has 0 aliphatic heterocycles. The van der Waals surface area contributed by atoms with Gasteiger partial charge in [0.15, 0.2) is 4.34 Å². The second-order valence-corrected chi connectivity index (χ2v) is 8.30. The first-order chi connectivity index (χ1) is 15.4. The van der Waals surface area contributed by atoms with E-state index >= 15 is 0 Å². The van der Waals surface area contributed by atoms with Crippen LogP contribution in [0.25, 0.3) is 0 Å². The number of carbonyl (C=O) groups is 3. The number of hydrogen-bond acceptors (Lipinski definition) is 10. The van der Waals surface area contributed by atoms with Crippen LogP contribution >= 0.6 is 23.1 Å². The summed E-state index contributed by atoms with van der Waals surface area (Å²) in [6.07, 6.45) is 0. The largest absolute Gasteiger partial charge is 0.465 e. The summed E-state index contributed by atoms with van der Waals surface area (Å²) in [7, 11) is 2.42. The number of thioether (sulfide) groups is 1. The van der Waals surface area contributed by atoms with Crippen LogP contribution in [0.2, 0.25) is 0 Å². The first-order valence-corrected chi connectivity index (χ1v) is 10.8. The molecule has 0 spiro atoms. The molecule has 3 aromatic rings. The van der Waals surface area contributed by atoms with Crippen LogP contribution in [0, 0.1) is 5.82 Å². The number of carbonyl (C=O) groups excluding carboxylic acids is 3. The second-order valence-electron chi connectivity index (χ2n) is 6.10. The Bertz CT molecular complexity index is 1120. The Kier molecular flexibility index (Phi) is 7.73. The molecule has 0 saturated carbocycles. The Morgan fingerprint density at radius 2 is 1.69 bits per heavy atom. The van der Waals surface area contributed by atoms with Crippen LogP contribution in [0.3, 0.4) is 0 Å². The third-order valence-corrected chi connectivity index (χ3v) is 5.88. The van der Waals surface area contributed by atoms with E-state index in [9.17, 15) is 18.8 Å². The lowest BCUT2D eigenvalue weighted by Gasteiger charge is -2.09. The van der Waals surface area contributed by atoms with E-state index in [0.29, 0.717) is 9.47 Å². The Labute approximate surface area is 190 Å². The van der Waals surface area contributed by atoms with Crippen LogP contribution < -0.4 is 10.6 Å². The fourth-order valence-electron chi connectivity index (χ4n) is 2.49. The minimum absolute atomic E-state index is 0.00958. The fraction of sp³-hybridized carbons (Fsp3) is 0.150. The molecule has 166 valence electrons. The molecule has 32 heavy (non-hydrogen) atoms. The van der Waals surface area contributed by atoms with Crippen molar-refractivity contribution in [2.75, 3.05) is 30.6 Å². The number of rotatable bonds is 8. The molecule has 0 fully saturated rings. The van der Waals surface area contributed by atoms with Crippen LogP contribution in [0.4, 0.5) is 20.9 Å². The smallest absolute Gasteiger partial charge is 0.337 e.